The van der Waals surface area contributed by atoms with Crippen LogP contribution < -0.4 is 20.5 Å². The van der Waals surface area contributed by atoms with Crippen molar-refractivity contribution in [3.63, 3.8) is 0 Å². The second kappa shape index (κ2) is 9.87. The molecule has 0 saturated carbocycles. The Hall–Kier alpha value is -3.99. The average Bonchev–Trinajstić information content (AvgIpc) is 3.44. The first-order valence-electron chi connectivity index (χ1n) is 10.3. The Labute approximate surface area is 200 Å². The van der Waals surface area contributed by atoms with Crippen LogP contribution in [0.3, 0.4) is 0 Å². The summed E-state index contributed by atoms with van der Waals surface area (Å²) in [5, 5.41) is 12.0. The first-order valence-corrected chi connectivity index (χ1v) is 11.5. The lowest BCUT2D eigenvalue weighted by Gasteiger charge is -2.07. The molecule has 4 aromatic rings. The van der Waals surface area contributed by atoms with Gasteiger partial charge in [-0.1, -0.05) is 22.9 Å². The molecule has 0 aliphatic heterocycles. The standard InChI is InChI=1S/C23H24N6O4S/c1-13-5-8-15(9-6-13)25-18(30)12-29-20(24)19(23(27-29)34-4)22-26-21(28-33-22)14-7-10-16(31-2)17(11-14)32-3/h5-11H,12,24H2,1-4H3,(H,25,30). The number of carbonyl (C=O) groups is 1. The highest BCUT2D eigenvalue weighted by Gasteiger charge is 2.24. The van der Waals surface area contributed by atoms with E-state index in [0.29, 0.717) is 39.2 Å². The summed E-state index contributed by atoms with van der Waals surface area (Å²) in [6.07, 6.45) is 1.85. The van der Waals surface area contributed by atoms with Crippen LogP contribution in [0.5, 0.6) is 11.5 Å². The largest absolute Gasteiger partial charge is 0.493 e. The van der Waals surface area contributed by atoms with Crippen molar-refractivity contribution in [3.05, 3.63) is 48.0 Å². The first-order chi connectivity index (χ1) is 16.4. The number of nitrogen functional groups attached to an aromatic ring is 1. The Morgan fingerprint density at radius 1 is 1.15 bits per heavy atom. The molecule has 0 aliphatic rings. The van der Waals surface area contributed by atoms with E-state index in [-0.39, 0.29) is 24.2 Å². The zero-order valence-electron chi connectivity index (χ0n) is 19.2. The topological polar surface area (TPSA) is 130 Å². The molecule has 0 radical (unpaired) electrons. The molecular formula is C23H24N6O4S. The highest BCUT2D eigenvalue weighted by molar-refractivity contribution is 7.98. The number of ether oxygens (including phenoxy) is 2. The fourth-order valence-corrected chi connectivity index (χ4v) is 3.88. The van der Waals surface area contributed by atoms with Gasteiger partial charge in [0.2, 0.25) is 11.7 Å². The number of anilines is 2. The van der Waals surface area contributed by atoms with Gasteiger partial charge in [-0.05, 0) is 43.5 Å². The predicted molar refractivity (Wildman–Crippen MR) is 130 cm³/mol. The molecule has 0 bridgehead atoms. The van der Waals surface area contributed by atoms with Crippen molar-refractivity contribution >= 4 is 29.2 Å². The molecule has 0 saturated heterocycles. The van der Waals surface area contributed by atoms with Gasteiger partial charge in [0.1, 0.15) is 23.0 Å². The minimum atomic E-state index is -0.256. The van der Waals surface area contributed by atoms with Crippen molar-refractivity contribution in [1.82, 2.24) is 19.9 Å². The number of nitrogens with two attached hydrogens (primary N) is 1. The third-order valence-electron chi connectivity index (χ3n) is 5.06. The Morgan fingerprint density at radius 2 is 1.88 bits per heavy atom. The number of aromatic nitrogens is 4. The van der Waals surface area contributed by atoms with Crippen LogP contribution in [0.2, 0.25) is 0 Å². The van der Waals surface area contributed by atoms with E-state index in [9.17, 15) is 4.79 Å². The van der Waals surface area contributed by atoms with Gasteiger partial charge in [-0.15, -0.1) is 11.8 Å². The van der Waals surface area contributed by atoms with Gasteiger partial charge in [0.05, 0.1) is 14.2 Å². The number of methoxy groups -OCH3 is 2. The summed E-state index contributed by atoms with van der Waals surface area (Å²) >= 11 is 1.37. The molecule has 2 aromatic carbocycles. The molecule has 11 heteroatoms. The molecule has 4 rings (SSSR count). The monoisotopic (exact) mass is 480 g/mol. The van der Waals surface area contributed by atoms with Crippen molar-refractivity contribution in [1.29, 1.82) is 0 Å². The van der Waals surface area contributed by atoms with Gasteiger partial charge >= 0.3 is 0 Å². The fraction of sp³-hybridized carbons (Fsp3) is 0.217. The highest BCUT2D eigenvalue weighted by Crippen LogP contribution is 2.36. The maximum absolute atomic E-state index is 12.6. The number of carbonyl (C=O) groups excluding carboxylic acids is 1. The predicted octanol–water partition coefficient (Wildman–Crippen LogP) is 3.87. The van der Waals surface area contributed by atoms with E-state index in [2.05, 4.69) is 20.6 Å². The molecule has 0 spiro atoms. The maximum Gasteiger partial charge on any atom is 0.264 e. The number of aryl methyl sites for hydroxylation is 1. The lowest BCUT2D eigenvalue weighted by atomic mass is 10.2. The zero-order valence-corrected chi connectivity index (χ0v) is 20.0. The molecule has 10 nitrogen and oxygen atoms in total. The lowest BCUT2D eigenvalue weighted by Crippen LogP contribution is -2.20. The average molecular weight is 481 g/mol. The van der Waals surface area contributed by atoms with Gasteiger partial charge in [0, 0.05) is 11.3 Å². The van der Waals surface area contributed by atoms with Crippen LogP contribution in [0.1, 0.15) is 5.56 Å². The number of rotatable bonds is 8. The smallest absolute Gasteiger partial charge is 0.264 e. The van der Waals surface area contributed by atoms with Gasteiger partial charge in [-0.25, -0.2) is 4.68 Å². The number of benzene rings is 2. The van der Waals surface area contributed by atoms with E-state index in [1.807, 2.05) is 37.4 Å². The number of hydrogen-bond donors (Lipinski definition) is 2. The SMILES string of the molecule is COc1ccc(-c2noc(-c3c(SC)nn(CC(=O)Nc4ccc(C)cc4)c3N)n2)cc1OC. The van der Waals surface area contributed by atoms with Gasteiger partial charge in [0.15, 0.2) is 11.5 Å². The summed E-state index contributed by atoms with van der Waals surface area (Å²) in [6, 6.07) is 12.8. The zero-order chi connectivity index (χ0) is 24.2. The second-order valence-electron chi connectivity index (χ2n) is 7.33. The second-order valence-corrected chi connectivity index (χ2v) is 8.13. The van der Waals surface area contributed by atoms with Gasteiger partial charge in [-0.3, -0.25) is 4.79 Å². The quantitative estimate of drug-likeness (QED) is 0.361. The Kier molecular flexibility index (Phi) is 6.73. The van der Waals surface area contributed by atoms with Crippen LogP contribution >= 0.6 is 11.8 Å². The van der Waals surface area contributed by atoms with Crippen LogP contribution in [0.15, 0.2) is 52.0 Å². The molecule has 34 heavy (non-hydrogen) atoms. The summed E-state index contributed by atoms with van der Waals surface area (Å²) in [7, 11) is 3.12. The van der Waals surface area contributed by atoms with Crippen molar-refractivity contribution < 1.29 is 18.8 Å². The molecule has 0 aliphatic carbocycles. The van der Waals surface area contributed by atoms with Gasteiger partial charge in [-0.2, -0.15) is 10.1 Å². The molecule has 0 unspecified atom stereocenters. The Balaban J connectivity index is 1.59. The van der Waals surface area contributed by atoms with Gasteiger partial charge in [0.25, 0.3) is 5.89 Å². The molecular weight excluding hydrogens is 456 g/mol. The van der Waals surface area contributed by atoms with E-state index >= 15 is 0 Å². The first kappa shape index (κ1) is 23.2. The summed E-state index contributed by atoms with van der Waals surface area (Å²) in [5.41, 5.74) is 9.32. The van der Waals surface area contributed by atoms with E-state index in [1.165, 1.54) is 16.4 Å². The summed E-state index contributed by atoms with van der Waals surface area (Å²) in [6.45, 7) is 1.92. The van der Waals surface area contributed by atoms with Crippen LogP contribution in [0, 0.1) is 6.92 Å². The molecule has 0 fully saturated rings. The van der Waals surface area contributed by atoms with Crippen LogP contribution in [-0.2, 0) is 11.3 Å². The number of nitrogens with zero attached hydrogens (tertiary/aromatic N) is 4. The number of nitrogens with one attached hydrogen (secondary N) is 1. The summed E-state index contributed by atoms with van der Waals surface area (Å²) < 4.78 is 17.5. The third-order valence-corrected chi connectivity index (χ3v) is 5.74. The summed E-state index contributed by atoms with van der Waals surface area (Å²) in [5.74, 6) is 1.70. The molecule has 2 aromatic heterocycles. The van der Waals surface area contributed by atoms with Gasteiger partial charge < -0.3 is 25.0 Å². The highest BCUT2D eigenvalue weighted by atomic mass is 32.2. The molecule has 0 atom stereocenters. The Morgan fingerprint density at radius 3 is 2.56 bits per heavy atom. The van der Waals surface area contributed by atoms with E-state index in [4.69, 9.17) is 19.7 Å². The minimum Gasteiger partial charge on any atom is -0.493 e. The molecule has 1 amide bonds. The van der Waals surface area contributed by atoms with E-state index in [0.717, 1.165) is 5.56 Å². The van der Waals surface area contributed by atoms with Crippen molar-refractivity contribution in [2.75, 3.05) is 31.5 Å². The summed E-state index contributed by atoms with van der Waals surface area (Å²) in [4.78, 5) is 17.1. The third kappa shape index (κ3) is 4.69. The van der Waals surface area contributed by atoms with Crippen molar-refractivity contribution in [2.45, 2.75) is 18.5 Å². The molecule has 3 N–H and O–H groups in total. The van der Waals surface area contributed by atoms with Crippen molar-refractivity contribution in [3.8, 4) is 34.3 Å². The van der Waals surface area contributed by atoms with E-state index < -0.39 is 0 Å². The fourth-order valence-electron chi connectivity index (χ4n) is 3.31. The molecule has 176 valence electrons. The number of thioether (sulfide) groups is 1. The number of hydrogen-bond acceptors (Lipinski definition) is 9. The van der Waals surface area contributed by atoms with E-state index in [1.54, 1.807) is 32.4 Å². The Bertz CT molecular complexity index is 1320. The lowest BCUT2D eigenvalue weighted by molar-refractivity contribution is -0.116. The van der Waals surface area contributed by atoms with Crippen LogP contribution in [-0.4, -0.2) is 46.3 Å². The molecule has 2 heterocycles. The van der Waals surface area contributed by atoms with Crippen LogP contribution in [0.4, 0.5) is 11.5 Å². The minimum absolute atomic E-state index is 0.0655. The number of amides is 1. The van der Waals surface area contributed by atoms with Crippen LogP contribution in [0.25, 0.3) is 22.8 Å². The van der Waals surface area contributed by atoms with Crippen molar-refractivity contribution in [2.24, 2.45) is 0 Å². The normalized spacial score (nSPS) is 10.8. The maximum atomic E-state index is 12.6.